The normalized spacial score (nSPS) is 48.5. The van der Waals surface area contributed by atoms with Crippen molar-refractivity contribution in [3.05, 3.63) is 23.8 Å². The first-order valence-corrected chi connectivity index (χ1v) is 8.43. The molecule has 0 aliphatic heterocycles. The monoisotopic (exact) mass is 284 g/mol. The quantitative estimate of drug-likeness (QED) is 0.677. The van der Waals surface area contributed by atoms with Gasteiger partial charge >= 0.3 is 0 Å². The molecule has 2 nitrogen and oxygen atoms in total. The zero-order chi connectivity index (χ0) is 14.8. The summed E-state index contributed by atoms with van der Waals surface area (Å²) < 4.78 is 0. The maximum Gasteiger partial charge on any atom is 0.178 e. The highest BCUT2D eigenvalue weighted by atomic mass is 16.1. The molecule has 4 rings (SSSR count). The fourth-order valence-electron chi connectivity index (χ4n) is 5.97. The Morgan fingerprint density at radius 2 is 1.86 bits per heavy atom. The lowest BCUT2D eigenvalue weighted by Gasteiger charge is -2.55. The van der Waals surface area contributed by atoms with Crippen molar-refractivity contribution in [1.29, 1.82) is 0 Å². The van der Waals surface area contributed by atoms with Gasteiger partial charge < -0.3 is 0 Å². The second kappa shape index (κ2) is 4.18. The number of ketones is 2. The standard InChI is InChI=1S/C19H24O2/c1-18-9-7-13(20)11-12(18)3-4-14-15-5-6-17(21)19(15,2)10-8-16(14)18/h7,9,11,14-16H,3-6,8,10H2,1-2H3/t14?,15?,16?,18-,19?/m0/s1. The van der Waals surface area contributed by atoms with Crippen molar-refractivity contribution in [3.8, 4) is 0 Å². The first kappa shape index (κ1) is 13.5. The van der Waals surface area contributed by atoms with E-state index < -0.39 is 0 Å². The summed E-state index contributed by atoms with van der Waals surface area (Å²) in [5.74, 6) is 2.51. The van der Waals surface area contributed by atoms with Crippen LogP contribution < -0.4 is 0 Å². The van der Waals surface area contributed by atoms with Gasteiger partial charge in [0, 0.05) is 17.3 Å². The van der Waals surface area contributed by atoms with Gasteiger partial charge in [0.1, 0.15) is 5.78 Å². The second-order valence-corrected chi connectivity index (χ2v) is 8.02. The molecule has 0 spiro atoms. The third-order valence-corrected chi connectivity index (χ3v) is 7.27. The van der Waals surface area contributed by atoms with Crippen LogP contribution in [0.4, 0.5) is 0 Å². The zero-order valence-electron chi connectivity index (χ0n) is 13.0. The van der Waals surface area contributed by atoms with Crippen molar-refractivity contribution < 1.29 is 9.59 Å². The van der Waals surface area contributed by atoms with E-state index in [-0.39, 0.29) is 16.6 Å². The average molecular weight is 284 g/mol. The van der Waals surface area contributed by atoms with Crippen LogP contribution in [0, 0.1) is 28.6 Å². The SMILES string of the molecule is CC12CCC3C(CCC4=CC(=O)C=C[C@@]43C)C1CCC2=O. The van der Waals surface area contributed by atoms with Crippen LogP contribution in [0.1, 0.15) is 52.4 Å². The molecule has 0 aromatic carbocycles. The number of carbonyl (C=O) groups is 2. The molecule has 2 heteroatoms. The van der Waals surface area contributed by atoms with Gasteiger partial charge in [-0.25, -0.2) is 0 Å². The van der Waals surface area contributed by atoms with Crippen molar-refractivity contribution in [1.82, 2.24) is 0 Å². The van der Waals surface area contributed by atoms with E-state index in [1.807, 2.05) is 6.08 Å². The number of rotatable bonds is 0. The van der Waals surface area contributed by atoms with Crippen LogP contribution in [-0.2, 0) is 9.59 Å². The maximum atomic E-state index is 12.3. The fourth-order valence-corrected chi connectivity index (χ4v) is 5.97. The predicted octanol–water partition coefficient (Wildman–Crippen LogP) is 3.86. The van der Waals surface area contributed by atoms with Crippen LogP contribution in [-0.4, -0.2) is 11.6 Å². The summed E-state index contributed by atoms with van der Waals surface area (Å²) in [6.45, 7) is 4.54. The minimum absolute atomic E-state index is 0.0487. The third-order valence-electron chi connectivity index (χ3n) is 7.27. The molecular formula is C19H24O2. The lowest BCUT2D eigenvalue weighted by molar-refractivity contribution is -0.131. The average Bonchev–Trinajstić information content (AvgIpc) is 2.76. The Morgan fingerprint density at radius 3 is 2.67 bits per heavy atom. The number of hydrogen-bond acceptors (Lipinski definition) is 2. The van der Waals surface area contributed by atoms with Gasteiger partial charge in [-0.1, -0.05) is 25.5 Å². The maximum absolute atomic E-state index is 12.3. The summed E-state index contributed by atoms with van der Waals surface area (Å²) in [7, 11) is 0. The molecule has 21 heavy (non-hydrogen) atoms. The molecule has 0 saturated heterocycles. The highest BCUT2D eigenvalue weighted by molar-refractivity contribution is 6.01. The molecule has 5 atom stereocenters. The molecule has 0 amide bonds. The van der Waals surface area contributed by atoms with Gasteiger partial charge in [-0.15, -0.1) is 0 Å². The van der Waals surface area contributed by atoms with E-state index in [1.54, 1.807) is 6.08 Å². The lowest BCUT2D eigenvalue weighted by atomic mass is 9.48. The van der Waals surface area contributed by atoms with Crippen LogP contribution in [0.3, 0.4) is 0 Å². The van der Waals surface area contributed by atoms with E-state index in [4.69, 9.17) is 0 Å². The van der Waals surface area contributed by atoms with Crippen molar-refractivity contribution >= 4 is 11.6 Å². The Morgan fingerprint density at radius 1 is 1.05 bits per heavy atom. The van der Waals surface area contributed by atoms with Crippen molar-refractivity contribution in [3.63, 3.8) is 0 Å². The van der Waals surface area contributed by atoms with E-state index in [1.165, 1.54) is 12.0 Å². The number of Topliss-reactive ketones (excluding diaryl/α,β-unsaturated/α-hetero) is 1. The smallest absolute Gasteiger partial charge is 0.178 e. The highest BCUT2D eigenvalue weighted by Crippen LogP contribution is 2.63. The molecule has 0 N–H and O–H groups in total. The van der Waals surface area contributed by atoms with Gasteiger partial charge in [0.25, 0.3) is 0 Å². The molecule has 0 aromatic rings. The molecular weight excluding hydrogens is 260 g/mol. The fraction of sp³-hybridized carbons (Fsp3) is 0.684. The van der Waals surface area contributed by atoms with Crippen molar-refractivity contribution in [2.24, 2.45) is 28.6 Å². The highest BCUT2D eigenvalue weighted by Gasteiger charge is 2.58. The summed E-state index contributed by atoms with van der Waals surface area (Å²) in [6, 6.07) is 0. The molecule has 0 aromatic heterocycles. The third kappa shape index (κ3) is 1.65. The van der Waals surface area contributed by atoms with Crippen LogP contribution in [0.2, 0.25) is 0 Å². The lowest BCUT2D eigenvalue weighted by Crippen LogP contribution is -2.49. The molecule has 4 aliphatic rings. The predicted molar refractivity (Wildman–Crippen MR) is 81.6 cm³/mol. The van der Waals surface area contributed by atoms with Gasteiger partial charge in [-0.2, -0.15) is 0 Å². The summed E-state index contributed by atoms with van der Waals surface area (Å²) in [5, 5.41) is 0. The van der Waals surface area contributed by atoms with Crippen LogP contribution in [0.5, 0.6) is 0 Å². The topological polar surface area (TPSA) is 34.1 Å². The number of fused-ring (bicyclic) bond motifs is 5. The molecule has 4 unspecified atom stereocenters. The first-order valence-electron chi connectivity index (χ1n) is 8.43. The summed E-state index contributed by atoms with van der Waals surface area (Å²) in [5.41, 5.74) is 1.35. The Hall–Kier alpha value is -1.18. The molecule has 0 heterocycles. The molecule has 0 radical (unpaired) electrons. The van der Waals surface area contributed by atoms with E-state index in [2.05, 4.69) is 19.9 Å². The van der Waals surface area contributed by atoms with E-state index in [9.17, 15) is 9.59 Å². The molecule has 3 fully saturated rings. The van der Waals surface area contributed by atoms with Crippen LogP contribution >= 0.6 is 0 Å². The second-order valence-electron chi connectivity index (χ2n) is 8.02. The largest absolute Gasteiger partial charge is 0.299 e. The Labute approximate surface area is 126 Å². The van der Waals surface area contributed by atoms with E-state index in [0.717, 1.165) is 32.1 Å². The van der Waals surface area contributed by atoms with Crippen molar-refractivity contribution in [2.75, 3.05) is 0 Å². The zero-order valence-corrected chi connectivity index (χ0v) is 13.0. The van der Waals surface area contributed by atoms with Gasteiger partial charge in [0.2, 0.25) is 0 Å². The van der Waals surface area contributed by atoms with Crippen LogP contribution in [0.15, 0.2) is 23.8 Å². The van der Waals surface area contributed by atoms with Gasteiger partial charge in [-0.3, -0.25) is 9.59 Å². The van der Waals surface area contributed by atoms with Gasteiger partial charge in [0.05, 0.1) is 0 Å². The molecule has 3 saturated carbocycles. The van der Waals surface area contributed by atoms with Gasteiger partial charge in [-0.05, 0) is 62.0 Å². The Bertz CT molecular complexity index is 584. The number of allylic oxidation sites excluding steroid dienone is 4. The summed E-state index contributed by atoms with van der Waals surface area (Å²) >= 11 is 0. The molecule has 112 valence electrons. The minimum Gasteiger partial charge on any atom is -0.299 e. The van der Waals surface area contributed by atoms with E-state index in [0.29, 0.717) is 23.5 Å². The summed E-state index contributed by atoms with van der Waals surface area (Å²) in [4.78, 5) is 24.0. The van der Waals surface area contributed by atoms with Crippen LogP contribution in [0.25, 0.3) is 0 Å². The summed E-state index contributed by atoms with van der Waals surface area (Å²) in [6.07, 6.45) is 12.1. The van der Waals surface area contributed by atoms with Gasteiger partial charge in [0.15, 0.2) is 5.78 Å². The van der Waals surface area contributed by atoms with Crippen molar-refractivity contribution in [2.45, 2.75) is 52.4 Å². The van der Waals surface area contributed by atoms with E-state index >= 15 is 0 Å². The number of hydrogen-bond donors (Lipinski definition) is 0. The minimum atomic E-state index is -0.0487. The molecule has 0 bridgehead atoms. The Balaban J connectivity index is 1.72. The molecule has 4 aliphatic carbocycles. The first-order chi connectivity index (χ1) is 9.95. The number of carbonyl (C=O) groups excluding carboxylic acids is 2. The Kier molecular flexibility index (Phi) is 2.68.